The van der Waals surface area contributed by atoms with E-state index >= 15 is 0 Å². The summed E-state index contributed by atoms with van der Waals surface area (Å²) in [4.78, 5) is 30.4. The van der Waals surface area contributed by atoms with E-state index in [1.807, 2.05) is 0 Å². The predicted molar refractivity (Wildman–Crippen MR) is 104 cm³/mol. The normalized spacial score (nSPS) is 17.5. The second-order valence-corrected chi connectivity index (χ2v) is 7.40. The number of hydrogen-bond donors (Lipinski definition) is 1. The molecule has 9 nitrogen and oxygen atoms in total. The number of alkyl halides is 3. The van der Waals surface area contributed by atoms with Gasteiger partial charge in [0.2, 0.25) is 5.88 Å². The molecule has 1 amide bonds. The Morgan fingerprint density at radius 3 is 2.77 bits per heavy atom. The lowest BCUT2D eigenvalue weighted by atomic mass is 10.1. The van der Waals surface area contributed by atoms with Crippen molar-refractivity contribution < 1.29 is 32.3 Å². The summed E-state index contributed by atoms with van der Waals surface area (Å²) >= 11 is 1.13. The first-order valence-electron chi connectivity index (χ1n) is 9.01. The van der Waals surface area contributed by atoms with E-state index in [1.54, 1.807) is 0 Å². The Labute approximate surface area is 177 Å². The molecule has 0 aliphatic carbocycles. The average Bonchev–Trinajstić information content (AvgIpc) is 3.15. The van der Waals surface area contributed by atoms with E-state index in [9.17, 15) is 18.0 Å². The van der Waals surface area contributed by atoms with Gasteiger partial charge in [-0.1, -0.05) is 23.5 Å². The third kappa shape index (κ3) is 4.84. The van der Waals surface area contributed by atoms with Crippen LogP contribution in [0.3, 0.4) is 0 Å². The number of aromatic nitrogens is 3. The van der Waals surface area contributed by atoms with Crippen molar-refractivity contribution in [2.24, 2.45) is 0 Å². The number of hydroxylamine groups is 2. The number of carbonyl (C=O) groups is 1. The zero-order chi connectivity index (χ0) is 22.0. The number of fused-ring (bicyclic) bond motifs is 1. The molecule has 1 aromatic carbocycles. The van der Waals surface area contributed by atoms with Crippen LogP contribution in [0.2, 0.25) is 0 Å². The monoisotopic (exact) mass is 455 g/mol. The summed E-state index contributed by atoms with van der Waals surface area (Å²) in [6.45, 7) is 0.717. The van der Waals surface area contributed by atoms with Crippen molar-refractivity contribution in [3.05, 3.63) is 41.7 Å². The second kappa shape index (κ2) is 8.61. The molecule has 1 saturated heterocycles. The van der Waals surface area contributed by atoms with Gasteiger partial charge in [0.25, 0.3) is 0 Å². The lowest BCUT2D eigenvalue weighted by Crippen LogP contribution is -2.40. The minimum Gasteiger partial charge on any atom is -0.479 e. The Kier molecular flexibility index (Phi) is 5.89. The van der Waals surface area contributed by atoms with Crippen LogP contribution in [0.5, 0.6) is 5.88 Å². The Morgan fingerprint density at radius 2 is 2.06 bits per heavy atom. The van der Waals surface area contributed by atoms with Crippen LogP contribution in [0.25, 0.3) is 10.3 Å². The fraction of sp³-hybridized carbons (Fsp3) is 0.333. The van der Waals surface area contributed by atoms with Crippen LogP contribution in [-0.2, 0) is 15.8 Å². The van der Waals surface area contributed by atoms with Gasteiger partial charge in [-0.25, -0.2) is 14.8 Å². The van der Waals surface area contributed by atoms with E-state index in [-0.39, 0.29) is 24.2 Å². The maximum atomic E-state index is 12.7. The molecule has 31 heavy (non-hydrogen) atoms. The van der Waals surface area contributed by atoms with Gasteiger partial charge in [-0.2, -0.15) is 18.2 Å². The summed E-state index contributed by atoms with van der Waals surface area (Å²) < 4.78 is 48.9. The van der Waals surface area contributed by atoms with Gasteiger partial charge in [-0.15, -0.1) is 5.06 Å². The van der Waals surface area contributed by atoms with E-state index < -0.39 is 23.9 Å². The minimum atomic E-state index is -4.41. The molecule has 1 N–H and O–H groups in total. The maximum absolute atomic E-state index is 12.7. The smallest absolute Gasteiger partial charge is 0.432 e. The molecule has 4 rings (SSSR count). The molecule has 0 spiro atoms. The molecule has 3 aromatic rings. The maximum Gasteiger partial charge on any atom is 0.432 e. The number of hydrogen-bond acceptors (Lipinski definition) is 9. The van der Waals surface area contributed by atoms with Gasteiger partial charge in [-0.05, 0) is 17.7 Å². The Hall–Kier alpha value is -3.03. The fourth-order valence-electron chi connectivity index (χ4n) is 2.96. The van der Waals surface area contributed by atoms with E-state index in [0.29, 0.717) is 22.5 Å². The molecule has 1 fully saturated rings. The van der Waals surface area contributed by atoms with Gasteiger partial charge in [0, 0.05) is 0 Å². The summed E-state index contributed by atoms with van der Waals surface area (Å²) in [5.41, 5.74) is 0.231. The predicted octanol–water partition coefficient (Wildman–Crippen LogP) is 3.65. The lowest BCUT2D eigenvalue weighted by Gasteiger charge is -2.31. The first-order valence-corrected chi connectivity index (χ1v) is 9.83. The Morgan fingerprint density at radius 1 is 1.29 bits per heavy atom. The summed E-state index contributed by atoms with van der Waals surface area (Å²) in [6.07, 6.45) is -4.38. The second-order valence-electron chi connectivity index (χ2n) is 6.43. The van der Waals surface area contributed by atoms with Crippen molar-refractivity contribution in [2.75, 3.05) is 32.1 Å². The van der Waals surface area contributed by atoms with Crippen LogP contribution in [-0.4, -0.2) is 52.9 Å². The number of nitrogens with zero attached hydrogens (tertiary/aromatic N) is 4. The van der Waals surface area contributed by atoms with Crippen LogP contribution in [0, 0.1) is 0 Å². The van der Waals surface area contributed by atoms with Crippen molar-refractivity contribution in [3.63, 3.8) is 0 Å². The number of carbonyl (C=O) groups excluding carboxylic acids is 1. The van der Waals surface area contributed by atoms with E-state index in [4.69, 9.17) is 14.3 Å². The fourth-order valence-corrected chi connectivity index (χ4v) is 3.74. The topological polar surface area (TPSA) is 98.7 Å². The molecule has 1 aliphatic heterocycles. The highest BCUT2D eigenvalue weighted by atomic mass is 32.1. The zero-order valence-electron chi connectivity index (χ0n) is 16.0. The lowest BCUT2D eigenvalue weighted by molar-refractivity contribution is -0.168. The van der Waals surface area contributed by atoms with E-state index in [2.05, 4.69) is 20.3 Å². The summed E-state index contributed by atoms with van der Waals surface area (Å²) in [5, 5.41) is 4.16. The van der Waals surface area contributed by atoms with Crippen LogP contribution in [0.15, 0.2) is 30.6 Å². The first kappa shape index (κ1) is 21.2. The third-order valence-electron chi connectivity index (χ3n) is 4.42. The number of benzene rings is 1. The third-order valence-corrected chi connectivity index (χ3v) is 5.29. The van der Waals surface area contributed by atoms with Crippen molar-refractivity contribution >= 4 is 32.9 Å². The number of morpholine rings is 1. The number of nitrogens with one attached hydrogen (secondary N) is 1. The van der Waals surface area contributed by atoms with Gasteiger partial charge in [0.15, 0.2) is 15.5 Å². The highest BCUT2D eigenvalue weighted by Gasteiger charge is 2.31. The van der Waals surface area contributed by atoms with Gasteiger partial charge in [0.1, 0.15) is 6.33 Å². The molecule has 0 bridgehead atoms. The van der Waals surface area contributed by atoms with Crippen LogP contribution >= 0.6 is 11.3 Å². The molecule has 164 valence electrons. The van der Waals surface area contributed by atoms with Gasteiger partial charge < -0.3 is 14.3 Å². The Balaban J connectivity index is 1.37. The molecule has 13 heteroatoms. The highest BCUT2D eigenvalue weighted by Crippen LogP contribution is 2.31. The standard InChI is InChI=1S/C18H16F3N5O4S/c1-28-14-13-15(23-9-22-14)31-16(24-13)25-17(27)30-26-6-7-29-12(8-26)10-2-4-11(5-3-10)18(19,20)21/h2-5,9,12H,6-8H2,1H3,(H,24,25,27). The van der Waals surface area contributed by atoms with Crippen LogP contribution < -0.4 is 10.1 Å². The van der Waals surface area contributed by atoms with Crippen LogP contribution in [0.4, 0.5) is 23.1 Å². The Bertz CT molecular complexity index is 1080. The minimum absolute atomic E-state index is 0.165. The number of thiazole rings is 1. The molecular formula is C18H16F3N5O4S. The first-order chi connectivity index (χ1) is 14.8. The molecule has 1 aliphatic rings. The SMILES string of the molecule is COc1ncnc2sc(NC(=O)ON3CCOC(c4ccc(C(F)(F)F)cc4)C3)nc12. The molecule has 1 unspecified atom stereocenters. The molecule has 3 heterocycles. The number of anilines is 1. The quantitative estimate of drug-likeness (QED) is 0.637. The van der Waals surface area contributed by atoms with Crippen LogP contribution in [0.1, 0.15) is 17.2 Å². The average molecular weight is 455 g/mol. The zero-order valence-corrected chi connectivity index (χ0v) is 16.9. The summed E-state index contributed by atoms with van der Waals surface area (Å²) in [5.74, 6) is 0.287. The summed E-state index contributed by atoms with van der Waals surface area (Å²) in [6, 6.07) is 4.70. The molecule has 0 radical (unpaired) electrons. The molecule has 2 aromatic heterocycles. The number of rotatable bonds is 4. The van der Waals surface area contributed by atoms with Crippen molar-refractivity contribution in [2.45, 2.75) is 12.3 Å². The number of methoxy groups -OCH3 is 1. The van der Waals surface area contributed by atoms with Gasteiger partial charge in [-0.3, -0.25) is 5.32 Å². The van der Waals surface area contributed by atoms with E-state index in [0.717, 1.165) is 23.5 Å². The number of amides is 1. The molecule has 1 atom stereocenters. The highest BCUT2D eigenvalue weighted by molar-refractivity contribution is 7.22. The van der Waals surface area contributed by atoms with Crippen molar-refractivity contribution in [3.8, 4) is 5.88 Å². The molecular weight excluding hydrogens is 439 g/mol. The largest absolute Gasteiger partial charge is 0.479 e. The van der Waals surface area contributed by atoms with E-state index in [1.165, 1.54) is 30.6 Å². The van der Waals surface area contributed by atoms with Crippen molar-refractivity contribution in [1.29, 1.82) is 0 Å². The van der Waals surface area contributed by atoms with Gasteiger partial charge in [0.05, 0.1) is 38.5 Å². The molecule has 0 saturated carbocycles. The number of ether oxygens (including phenoxy) is 2. The van der Waals surface area contributed by atoms with Crippen molar-refractivity contribution in [1.82, 2.24) is 20.0 Å². The van der Waals surface area contributed by atoms with Gasteiger partial charge >= 0.3 is 12.3 Å². The number of halogens is 3. The summed E-state index contributed by atoms with van der Waals surface area (Å²) in [7, 11) is 1.45.